The summed E-state index contributed by atoms with van der Waals surface area (Å²) < 4.78 is 0. The van der Waals surface area contributed by atoms with Crippen LogP contribution in [0.25, 0.3) is 0 Å². The summed E-state index contributed by atoms with van der Waals surface area (Å²) in [5.74, 6) is -0.306. The molecule has 0 aromatic rings. The first-order valence-electron chi connectivity index (χ1n) is 6.83. The van der Waals surface area contributed by atoms with Gasteiger partial charge in [0.2, 0.25) is 5.91 Å². The maximum absolute atomic E-state index is 11.7. The van der Waals surface area contributed by atoms with Gasteiger partial charge in [0.15, 0.2) is 0 Å². The van der Waals surface area contributed by atoms with Gasteiger partial charge in [0.05, 0.1) is 12.1 Å². The van der Waals surface area contributed by atoms with Gasteiger partial charge in [-0.25, -0.2) is 4.79 Å². The average molecular weight is 271 g/mol. The summed E-state index contributed by atoms with van der Waals surface area (Å²) in [5.41, 5.74) is -0.639. The van der Waals surface area contributed by atoms with E-state index in [2.05, 4.69) is 10.6 Å². The van der Waals surface area contributed by atoms with Gasteiger partial charge in [-0.3, -0.25) is 15.0 Å². The molecule has 6 nitrogen and oxygen atoms in total. The van der Waals surface area contributed by atoms with Crippen molar-refractivity contribution in [2.45, 2.75) is 51.7 Å². The van der Waals surface area contributed by atoms with Crippen molar-refractivity contribution < 1.29 is 14.7 Å². The number of nitrogens with one attached hydrogen (secondary N) is 2. The SMILES string of the molecule is CC(C)NC(=O)NC(=O)CN1CCCC(C)(O)CC1. The molecule has 1 rings (SSSR count). The monoisotopic (exact) mass is 271 g/mol. The molecule has 1 heterocycles. The summed E-state index contributed by atoms with van der Waals surface area (Å²) in [6.07, 6.45) is 2.26. The average Bonchev–Trinajstić information content (AvgIpc) is 2.38. The van der Waals surface area contributed by atoms with Crippen molar-refractivity contribution in [3.8, 4) is 0 Å². The Bertz CT molecular complexity index is 329. The van der Waals surface area contributed by atoms with Crippen molar-refractivity contribution in [1.29, 1.82) is 0 Å². The van der Waals surface area contributed by atoms with E-state index in [1.54, 1.807) is 0 Å². The normalized spacial score (nSPS) is 24.9. The lowest BCUT2D eigenvalue weighted by Gasteiger charge is -2.22. The fraction of sp³-hybridized carbons (Fsp3) is 0.846. The molecular weight excluding hydrogens is 246 g/mol. The summed E-state index contributed by atoms with van der Waals surface area (Å²) in [7, 11) is 0. The second-order valence-corrected chi connectivity index (χ2v) is 5.80. The minimum absolute atomic E-state index is 0.00100. The molecule has 1 unspecified atom stereocenters. The number of aliphatic hydroxyl groups is 1. The Balaban J connectivity index is 2.34. The maximum atomic E-state index is 11.7. The van der Waals surface area contributed by atoms with Gasteiger partial charge in [-0.15, -0.1) is 0 Å². The number of nitrogens with zero attached hydrogens (tertiary/aromatic N) is 1. The molecule has 110 valence electrons. The molecule has 0 radical (unpaired) electrons. The second-order valence-electron chi connectivity index (χ2n) is 5.80. The topological polar surface area (TPSA) is 81.7 Å². The molecule has 6 heteroatoms. The summed E-state index contributed by atoms with van der Waals surface area (Å²) in [5, 5.41) is 14.9. The Labute approximate surface area is 114 Å². The molecule has 0 saturated carbocycles. The number of carbonyl (C=O) groups excluding carboxylic acids is 2. The predicted molar refractivity (Wildman–Crippen MR) is 72.7 cm³/mol. The van der Waals surface area contributed by atoms with E-state index in [4.69, 9.17) is 0 Å². The zero-order chi connectivity index (χ0) is 14.5. The van der Waals surface area contributed by atoms with Gasteiger partial charge in [-0.2, -0.15) is 0 Å². The number of hydrogen-bond acceptors (Lipinski definition) is 4. The van der Waals surface area contributed by atoms with Crippen molar-refractivity contribution in [2.75, 3.05) is 19.6 Å². The Morgan fingerprint density at radius 1 is 1.32 bits per heavy atom. The highest BCUT2D eigenvalue weighted by Gasteiger charge is 2.25. The van der Waals surface area contributed by atoms with E-state index in [1.807, 2.05) is 25.7 Å². The summed E-state index contributed by atoms with van der Waals surface area (Å²) in [6.45, 7) is 7.14. The van der Waals surface area contributed by atoms with Gasteiger partial charge in [-0.1, -0.05) is 0 Å². The van der Waals surface area contributed by atoms with Crippen molar-refractivity contribution in [3.05, 3.63) is 0 Å². The van der Waals surface area contributed by atoms with Crippen LogP contribution in [0.1, 0.15) is 40.0 Å². The van der Waals surface area contributed by atoms with E-state index >= 15 is 0 Å². The Hall–Kier alpha value is -1.14. The van der Waals surface area contributed by atoms with Gasteiger partial charge >= 0.3 is 6.03 Å². The Kier molecular flexibility index (Phi) is 5.75. The van der Waals surface area contributed by atoms with Crippen LogP contribution in [0.15, 0.2) is 0 Å². The Morgan fingerprint density at radius 3 is 2.63 bits per heavy atom. The molecule has 3 N–H and O–H groups in total. The number of carbonyl (C=O) groups is 2. The standard InChI is InChI=1S/C13H25N3O3/c1-10(2)14-12(18)15-11(17)9-16-7-4-5-13(3,19)6-8-16/h10,19H,4-9H2,1-3H3,(H2,14,15,17,18). The number of rotatable bonds is 3. The lowest BCUT2D eigenvalue weighted by atomic mass is 9.98. The van der Waals surface area contributed by atoms with Crippen molar-refractivity contribution in [3.63, 3.8) is 0 Å². The van der Waals surface area contributed by atoms with Crippen LogP contribution in [0, 0.1) is 0 Å². The van der Waals surface area contributed by atoms with Gasteiger partial charge in [0, 0.05) is 12.6 Å². The van der Waals surface area contributed by atoms with E-state index in [9.17, 15) is 14.7 Å². The first kappa shape index (κ1) is 15.9. The van der Waals surface area contributed by atoms with E-state index in [-0.39, 0.29) is 18.5 Å². The third-order valence-electron chi connectivity index (χ3n) is 3.20. The molecule has 1 fully saturated rings. The van der Waals surface area contributed by atoms with Crippen LogP contribution in [0.5, 0.6) is 0 Å². The molecule has 0 aromatic carbocycles. The van der Waals surface area contributed by atoms with E-state index < -0.39 is 11.6 Å². The minimum Gasteiger partial charge on any atom is -0.390 e. The van der Waals surface area contributed by atoms with Crippen molar-refractivity contribution in [1.82, 2.24) is 15.5 Å². The number of urea groups is 1. The number of hydrogen-bond donors (Lipinski definition) is 3. The van der Waals surface area contributed by atoms with Gasteiger partial charge in [-0.05, 0) is 46.6 Å². The van der Waals surface area contributed by atoms with Crippen molar-refractivity contribution in [2.24, 2.45) is 0 Å². The first-order valence-corrected chi connectivity index (χ1v) is 6.83. The lowest BCUT2D eigenvalue weighted by molar-refractivity contribution is -0.121. The van der Waals surface area contributed by atoms with Gasteiger partial charge < -0.3 is 10.4 Å². The van der Waals surface area contributed by atoms with Crippen LogP contribution in [0.3, 0.4) is 0 Å². The number of likely N-dealkylation sites (tertiary alicyclic amines) is 1. The molecular formula is C13H25N3O3. The Morgan fingerprint density at radius 2 is 2.00 bits per heavy atom. The summed E-state index contributed by atoms with van der Waals surface area (Å²) in [4.78, 5) is 25.0. The highest BCUT2D eigenvalue weighted by atomic mass is 16.3. The quantitative estimate of drug-likeness (QED) is 0.696. The fourth-order valence-corrected chi connectivity index (χ4v) is 2.14. The van der Waals surface area contributed by atoms with Crippen LogP contribution in [-0.2, 0) is 4.79 Å². The number of imide groups is 1. The van der Waals surface area contributed by atoms with Crippen LogP contribution in [0.4, 0.5) is 4.79 Å². The first-order chi connectivity index (χ1) is 8.78. The fourth-order valence-electron chi connectivity index (χ4n) is 2.14. The highest BCUT2D eigenvalue weighted by Crippen LogP contribution is 2.20. The zero-order valence-corrected chi connectivity index (χ0v) is 12.0. The molecule has 0 aromatic heterocycles. The van der Waals surface area contributed by atoms with E-state index in [1.165, 1.54) is 0 Å². The minimum atomic E-state index is -0.639. The van der Waals surface area contributed by atoms with Crippen LogP contribution in [-0.4, -0.2) is 53.2 Å². The zero-order valence-electron chi connectivity index (χ0n) is 12.0. The summed E-state index contributed by atoms with van der Waals surface area (Å²) >= 11 is 0. The third kappa shape index (κ3) is 6.54. The molecule has 0 bridgehead atoms. The number of amides is 3. The largest absolute Gasteiger partial charge is 0.390 e. The molecule has 1 aliphatic heterocycles. The van der Waals surface area contributed by atoms with E-state index in [0.717, 1.165) is 19.4 Å². The predicted octanol–water partition coefficient (Wildman–Crippen LogP) is 0.458. The van der Waals surface area contributed by atoms with Crippen molar-refractivity contribution >= 4 is 11.9 Å². The smallest absolute Gasteiger partial charge is 0.321 e. The van der Waals surface area contributed by atoms with E-state index in [0.29, 0.717) is 13.0 Å². The molecule has 1 atom stereocenters. The van der Waals surface area contributed by atoms with Crippen LogP contribution >= 0.6 is 0 Å². The molecule has 1 saturated heterocycles. The molecule has 0 spiro atoms. The van der Waals surface area contributed by atoms with Gasteiger partial charge in [0.1, 0.15) is 0 Å². The second kappa shape index (κ2) is 6.86. The molecule has 0 aliphatic carbocycles. The maximum Gasteiger partial charge on any atom is 0.321 e. The molecule has 19 heavy (non-hydrogen) atoms. The van der Waals surface area contributed by atoms with Gasteiger partial charge in [0.25, 0.3) is 0 Å². The lowest BCUT2D eigenvalue weighted by Crippen LogP contribution is -2.46. The third-order valence-corrected chi connectivity index (χ3v) is 3.20. The molecule has 3 amide bonds. The van der Waals surface area contributed by atoms with Crippen LogP contribution in [0.2, 0.25) is 0 Å². The van der Waals surface area contributed by atoms with Crippen LogP contribution < -0.4 is 10.6 Å². The molecule has 1 aliphatic rings. The highest BCUT2D eigenvalue weighted by molar-refractivity contribution is 5.95. The summed E-state index contributed by atoms with van der Waals surface area (Å²) in [6, 6.07) is -0.456.